The Morgan fingerprint density at radius 2 is 1.79 bits per heavy atom. The van der Waals surface area contributed by atoms with Crippen molar-refractivity contribution in [3.05, 3.63) is 104 Å². The number of benzene rings is 3. The maximum atomic E-state index is 12.9. The van der Waals surface area contributed by atoms with E-state index in [9.17, 15) is 14.9 Å². The summed E-state index contributed by atoms with van der Waals surface area (Å²) >= 11 is 4.41. The fourth-order valence-corrected chi connectivity index (χ4v) is 4.83. The second-order valence-electron chi connectivity index (χ2n) is 7.66. The predicted octanol–water partition coefficient (Wildman–Crippen LogP) is 6.57. The number of imide groups is 1. The van der Waals surface area contributed by atoms with Gasteiger partial charge in [-0.25, -0.2) is 0 Å². The lowest BCUT2D eigenvalue weighted by Gasteiger charge is -2.12. The topological polar surface area (TPSA) is 70.4 Å². The number of nitriles is 1. The summed E-state index contributed by atoms with van der Waals surface area (Å²) in [6.07, 6.45) is 3.20. The van der Waals surface area contributed by atoms with Crippen molar-refractivity contribution in [2.45, 2.75) is 19.4 Å². The van der Waals surface area contributed by atoms with Crippen molar-refractivity contribution in [3.63, 3.8) is 0 Å². The van der Waals surface area contributed by atoms with Crippen LogP contribution in [0.15, 0.2) is 82.2 Å². The summed E-state index contributed by atoms with van der Waals surface area (Å²) in [6, 6.07) is 24.9. The molecule has 1 fully saturated rings. The van der Waals surface area contributed by atoms with Crippen LogP contribution in [-0.2, 0) is 17.8 Å². The number of hydrogen-bond acceptors (Lipinski definition) is 5. The van der Waals surface area contributed by atoms with Crippen LogP contribution in [0.2, 0.25) is 0 Å². The number of nitrogens with zero attached hydrogens (tertiary/aromatic N) is 2. The van der Waals surface area contributed by atoms with Gasteiger partial charge in [0.15, 0.2) is 0 Å². The molecule has 0 aliphatic carbocycles. The Morgan fingerprint density at radius 3 is 2.59 bits per heavy atom. The number of thioether (sulfide) groups is 1. The largest absolute Gasteiger partial charge is 0.488 e. The van der Waals surface area contributed by atoms with Crippen LogP contribution in [0.3, 0.4) is 0 Å². The van der Waals surface area contributed by atoms with Gasteiger partial charge in [-0.2, -0.15) is 5.26 Å². The van der Waals surface area contributed by atoms with Gasteiger partial charge in [-0.05, 0) is 60.5 Å². The van der Waals surface area contributed by atoms with E-state index < -0.39 is 0 Å². The number of halogens is 1. The van der Waals surface area contributed by atoms with Gasteiger partial charge in [0.25, 0.3) is 11.1 Å². The van der Waals surface area contributed by atoms with Gasteiger partial charge in [0, 0.05) is 22.1 Å². The molecule has 0 atom stereocenters. The van der Waals surface area contributed by atoms with Crippen molar-refractivity contribution >= 4 is 44.9 Å². The molecule has 4 rings (SSSR count). The molecule has 1 aliphatic rings. The van der Waals surface area contributed by atoms with E-state index in [2.05, 4.69) is 22.0 Å². The molecule has 2 amide bonds. The number of carbonyl (C=O) groups is 2. The Morgan fingerprint density at radius 1 is 1.03 bits per heavy atom. The minimum atomic E-state index is -0.288. The van der Waals surface area contributed by atoms with Crippen LogP contribution >= 0.6 is 27.7 Å². The highest BCUT2D eigenvalue weighted by molar-refractivity contribution is 9.10. The normalized spacial score (nSPS) is 14.5. The first-order valence-corrected chi connectivity index (χ1v) is 12.4. The third kappa shape index (κ3) is 5.77. The fourth-order valence-electron chi connectivity index (χ4n) is 3.59. The van der Waals surface area contributed by atoms with E-state index in [1.165, 1.54) is 10.5 Å². The molecule has 1 heterocycles. The minimum Gasteiger partial charge on any atom is -0.488 e. The molecular formula is C27H21BrN2O3S. The van der Waals surface area contributed by atoms with Gasteiger partial charge in [0.2, 0.25) is 0 Å². The summed E-state index contributed by atoms with van der Waals surface area (Å²) in [4.78, 5) is 27.1. The van der Waals surface area contributed by atoms with Crippen LogP contribution in [0.1, 0.15) is 28.7 Å². The number of ether oxygens (including phenoxy) is 1. The number of aryl methyl sites for hydroxylation is 1. The quantitative estimate of drug-likeness (QED) is 0.307. The van der Waals surface area contributed by atoms with Gasteiger partial charge in [0.05, 0.1) is 16.5 Å². The molecule has 0 radical (unpaired) electrons. The van der Waals surface area contributed by atoms with Crippen molar-refractivity contribution in [2.24, 2.45) is 0 Å². The zero-order chi connectivity index (χ0) is 23.9. The first kappa shape index (κ1) is 23.8. The molecule has 0 saturated carbocycles. The molecule has 1 aliphatic heterocycles. The molecule has 0 aromatic heterocycles. The second kappa shape index (κ2) is 11.2. The number of hydrogen-bond donors (Lipinski definition) is 0. The lowest BCUT2D eigenvalue weighted by atomic mass is 10.1. The van der Waals surface area contributed by atoms with Crippen LogP contribution < -0.4 is 4.74 Å². The zero-order valence-corrected chi connectivity index (χ0v) is 20.6. The van der Waals surface area contributed by atoms with Gasteiger partial charge in [-0.1, -0.05) is 64.5 Å². The average Bonchev–Trinajstić information content (AvgIpc) is 3.11. The summed E-state index contributed by atoms with van der Waals surface area (Å²) in [5.41, 5.74) is 3.19. The van der Waals surface area contributed by atoms with Crippen LogP contribution in [-0.4, -0.2) is 22.6 Å². The molecular weight excluding hydrogens is 512 g/mol. The summed E-state index contributed by atoms with van der Waals surface area (Å²) in [7, 11) is 0. The molecule has 7 heteroatoms. The molecule has 1 saturated heterocycles. The Bertz CT molecular complexity index is 1280. The molecule has 5 nitrogen and oxygen atoms in total. The summed E-state index contributed by atoms with van der Waals surface area (Å²) in [6.45, 7) is 0.594. The molecule has 170 valence electrons. The van der Waals surface area contributed by atoms with E-state index in [4.69, 9.17) is 4.74 Å². The molecule has 0 bridgehead atoms. The van der Waals surface area contributed by atoms with E-state index >= 15 is 0 Å². The van der Waals surface area contributed by atoms with Crippen LogP contribution in [0.5, 0.6) is 5.75 Å². The Labute approximate surface area is 211 Å². The van der Waals surface area contributed by atoms with Crippen molar-refractivity contribution in [2.75, 3.05) is 6.54 Å². The molecule has 0 spiro atoms. The predicted molar refractivity (Wildman–Crippen MR) is 137 cm³/mol. The molecule has 3 aromatic carbocycles. The maximum absolute atomic E-state index is 12.9. The Kier molecular flexibility index (Phi) is 7.84. The van der Waals surface area contributed by atoms with E-state index in [0.717, 1.165) is 28.2 Å². The van der Waals surface area contributed by atoms with Gasteiger partial charge in [0.1, 0.15) is 12.4 Å². The van der Waals surface area contributed by atoms with Crippen LogP contribution in [0.4, 0.5) is 4.79 Å². The number of amides is 2. The van der Waals surface area contributed by atoms with Crippen molar-refractivity contribution in [1.82, 2.24) is 4.90 Å². The molecule has 34 heavy (non-hydrogen) atoms. The third-order valence-electron chi connectivity index (χ3n) is 5.34. The highest BCUT2D eigenvalue weighted by Crippen LogP contribution is 2.35. The highest BCUT2D eigenvalue weighted by atomic mass is 79.9. The molecule has 0 unspecified atom stereocenters. The molecule has 0 N–H and O–H groups in total. The minimum absolute atomic E-state index is 0.215. The third-order valence-corrected chi connectivity index (χ3v) is 6.74. The Hall–Kier alpha value is -3.34. The zero-order valence-electron chi connectivity index (χ0n) is 18.2. The van der Waals surface area contributed by atoms with Gasteiger partial charge >= 0.3 is 0 Å². The monoisotopic (exact) mass is 532 g/mol. The first-order valence-electron chi connectivity index (χ1n) is 10.7. The van der Waals surface area contributed by atoms with E-state index in [1.54, 1.807) is 18.2 Å². The van der Waals surface area contributed by atoms with Crippen LogP contribution in [0, 0.1) is 11.3 Å². The van der Waals surface area contributed by atoms with Gasteiger partial charge in [-0.3, -0.25) is 14.5 Å². The van der Waals surface area contributed by atoms with E-state index in [-0.39, 0.29) is 17.8 Å². The van der Waals surface area contributed by atoms with Crippen LogP contribution in [0.25, 0.3) is 6.08 Å². The average molecular weight is 533 g/mol. The smallest absolute Gasteiger partial charge is 0.293 e. The SMILES string of the molecule is N#Cc1ccccc1COc1ccc(Br)cc1/C=C1/SC(=O)N(CCCc2ccccc2)C1=O. The summed E-state index contributed by atoms with van der Waals surface area (Å²) in [5.74, 6) is 0.274. The highest BCUT2D eigenvalue weighted by Gasteiger charge is 2.34. The standard InChI is InChI=1S/C27H21BrN2O3S/c28-23-12-13-24(33-18-21-11-5-4-10-20(21)17-29)22(15-23)16-25-26(31)30(27(32)34-25)14-6-9-19-7-2-1-3-8-19/h1-5,7-8,10-13,15-16H,6,9,14,18H2/b25-16+. The van der Waals surface area contributed by atoms with Crippen molar-refractivity contribution in [1.29, 1.82) is 5.26 Å². The van der Waals surface area contributed by atoms with E-state index in [0.29, 0.717) is 34.7 Å². The van der Waals surface area contributed by atoms with Gasteiger partial charge in [-0.15, -0.1) is 0 Å². The summed E-state index contributed by atoms with van der Waals surface area (Å²) in [5, 5.41) is 9.04. The second-order valence-corrected chi connectivity index (χ2v) is 9.57. The molecule has 3 aromatic rings. The lowest BCUT2D eigenvalue weighted by Crippen LogP contribution is -2.29. The lowest BCUT2D eigenvalue weighted by molar-refractivity contribution is -0.122. The first-order chi connectivity index (χ1) is 16.5. The van der Waals surface area contributed by atoms with Gasteiger partial charge < -0.3 is 4.74 Å². The Balaban J connectivity index is 1.47. The van der Waals surface area contributed by atoms with E-state index in [1.807, 2.05) is 60.7 Å². The maximum Gasteiger partial charge on any atom is 0.293 e. The van der Waals surface area contributed by atoms with Crippen molar-refractivity contribution in [3.8, 4) is 11.8 Å². The summed E-state index contributed by atoms with van der Waals surface area (Å²) < 4.78 is 6.82. The fraction of sp³-hybridized carbons (Fsp3) is 0.148. The number of rotatable bonds is 8. The van der Waals surface area contributed by atoms with Crippen molar-refractivity contribution < 1.29 is 14.3 Å². The number of carbonyl (C=O) groups excluding carboxylic acids is 2.